The Balaban J connectivity index is 1.52. The Kier molecular flexibility index (Phi) is 6.72. The predicted molar refractivity (Wildman–Crippen MR) is 120 cm³/mol. The van der Waals surface area contributed by atoms with Gasteiger partial charge in [0.25, 0.3) is 0 Å². The molecule has 0 radical (unpaired) electrons. The third-order valence-electron chi connectivity index (χ3n) is 5.64. The standard InChI is InChI=1S/C24H20ClF3N4O3/c25-16(14-4-2-1-3-5-14)11-20(33)30-18(22(34)32-23(13-29)8-9-23)12-21-31-17-7-6-15(24(26,27)28)10-19(17)35-21/h1-7,10,16,18H,8-9,11-12H2,(H,30,33)(H,32,34)/t16-,18?/m0/s1. The zero-order chi connectivity index (χ0) is 25.2. The lowest BCUT2D eigenvalue weighted by atomic mass is 10.1. The van der Waals surface area contributed by atoms with Gasteiger partial charge in [-0.05, 0) is 36.6 Å². The van der Waals surface area contributed by atoms with Crippen LogP contribution < -0.4 is 10.6 Å². The number of nitrogens with one attached hydrogen (secondary N) is 2. The fourth-order valence-corrected chi connectivity index (χ4v) is 3.81. The molecule has 1 aliphatic carbocycles. The summed E-state index contributed by atoms with van der Waals surface area (Å²) in [5.41, 5.74) is -1.07. The Hall–Kier alpha value is -3.58. The van der Waals surface area contributed by atoms with Crippen LogP contribution in [0.15, 0.2) is 52.9 Å². The van der Waals surface area contributed by atoms with Gasteiger partial charge in [0, 0.05) is 6.42 Å². The number of carbonyl (C=O) groups excluding carboxylic acids is 2. The van der Waals surface area contributed by atoms with E-state index in [-0.39, 0.29) is 29.8 Å². The third-order valence-corrected chi connectivity index (χ3v) is 6.05. The van der Waals surface area contributed by atoms with Gasteiger partial charge in [-0.15, -0.1) is 11.6 Å². The van der Waals surface area contributed by atoms with Crippen molar-refractivity contribution in [2.45, 2.75) is 48.8 Å². The van der Waals surface area contributed by atoms with Gasteiger partial charge in [0.2, 0.25) is 11.8 Å². The number of benzene rings is 2. The van der Waals surface area contributed by atoms with E-state index in [1.54, 1.807) is 24.3 Å². The van der Waals surface area contributed by atoms with E-state index in [2.05, 4.69) is 15.6 Å². The first-order chi connectivity index (χ1) is 16.6. The molecule has 182 valence electrons. The molecule has 0 saturated heterocycles. The second kappa shape index (κ2) is 9.58. The number of nitriles is 1. The van der Waals surface area contributed by atoms with Crippen LogP contribution in [0.3, 0.4) is 0 Å². The maximum atomic E-state index is 13.0. The van der Waals surface area contributed by atoms with Gasteiger partial charge < -0.3 is 15.1 Å². The van der Waals surface area contributed by atoms with Crippen molar-refractivity contribution in [2.75, 3.05) is 0 Å². The molecule has 2 aromatic carbocycles. The molecule has 35 heavy (non-hydrogen) atoms. The molecule has 2 amide bonds. The molecule has 1 saturated carbocycles. The number of hydrogen-bond acceptors (Lipinski definition) is 5. The van der Waals surface area contributed by atoms with Gasteiger partial charge in [-0.1, -0.05) is 30.3 Å². The molecule has 3 aromatic rings. The summed E-state index contributed by atoms with van der Waals surface area (Å²) in [5.74, 6) is -1.18. The normalized spacial score (nSPS) is 16.2. The van der Waals surface area contributed by atoms with E-state index < -0.39 is 40.5 Å². The van der Waals surface area contributed by atoms with E-state index in [1.165, 1.54) is 6.07 Å². The van der Waals surface area contributed by atoms with Crippen LogP contribution in [0.1, 0.15) is 41.7 Å². The number of carbonyl (C=O) groups is 2. The summed E-state index contributed by atoms with van der Waals surface area (Å²) in [6.45, 7) is 0. The Bertz CT molecular complexity index is 1280. The van der Waals surface area contributed by atoms with Crippen LogP contribution in [0, 0.1) is 11.3 Å². The molecule has 1 heterocycles. The number of amides is 2. The highest BCUT2D eigenvalue weighted by Gasteiger charge is 2.46. The lowest BCUT2D eigenvalue weighted by Crippen LogP contribution is -2.51. The van der Waals surface area contributed by atoms with Crippen molar-refractivity contribution in [3.8, 4) is 6.07 Å². The van der Waals surface area contributed by atoms with Crippen molar-refractivity contribution in [1.29, 1.82) is 5.26 Å². The summed E-state index contributed by atoms with van der Waals surface area (Å²) >= 11 is 6.34. The number of hydrogen-bond donors (Lipinski definition) is 2. The molecule has 0 spiro atoms. The topological polar surface area (TPSA) is 108 Å². The zero-order valence-corrected chi connectivity index (χ0v) is 19.0. The minimum absolute atomic E-state index is 0.0351. The van der Waals surface area contributed by atoms with Crippen molar-refractivity contribution in [3.63, 3.8) is 0 Å². The highest BCUT2D eigenvalue weighted by atomic mass is 35.5. The van der Waals surface area contributed by atoms with Crippen molar-refractivity contribution in [3.05, 3.63) is 65.5 Å². The lowest BCUT2D eigenvalue weighted by molar-refractivity contribution is -0.137. The van der Waals surface area contributed by atoms with E-state index in [4.69, 9.17) is 16.0 Å². The summed E-state index contributed by atoms with van der Waals surface area (Å²) in [5, 5.41) is 13.9. The lowest BCUT2D eigenvalue weighted by Gasteiger charge is -2.20. The van der Waals surface area contributed by atoms with Gasteiger partial charge in [0.1, 0.15) is 17.1 Å². The minimum Gasteiger partial charge on any atom is -0.441 e. The smallest absolute Gasteiger partial charge is 0.416 e. The summed E-state index contributed by atoms with van der Waals surface area (Å²) in [7, 11) is 0. The SMILES string of the molecule is N#CC1(NC(=O)C(Cc2nc3ccc(C(F)(F)F)cc3o2)NC(=O)C[C@H](Cl)c2ccccc2)CC1. The van der Waals surface area contributed by atoms with Gasteiger partial charge in [-0.2, -0.15) is 18.4 Å². The number of oxazole rings is 1. The number of aromatic nitrogens is 1. The van der Waals surface area contributed by atoms with Crippen molar-refractivity contribution in [2.24, 2.45) is 0 Å². The largest absolute Gasteiger partial charge is 0.441 e. The van der Waals surface area contributed by atoms with Crippen molar-refractivity contribution < 1.29 is 27.2 Å². The third kappa shape index (κ3) is 5.92. The number of nitrogens with zero attached hydrogens (tertiary/aromatic N) is 2. The van der Waals surface area contributed by atoms with Crippen LogP contribution in [-0.4, -0.2) is 28.4 Å². The van der Waals surface area contributed by atoms with Gasteiger partial charge >= 0.3 is 6.18 Å². The summed E-state index contributed by atoms with van der Waals surface area (Å²) in [6, 6.07) is 12.7. The first-order valence-corrected chi connectivity index (χ1v) is 11.2. The zero-order valence-electron chi connectivity index (χ0n) is 18.2. The minimum atomic E-state index is -4.55. The molecule has 1 fully saturated rings. The fraction of sp³-hybridized carbons (Fsp3) is 0.333. The molecule has 0 aliphatic heterocycles. The molecule has 1 unspecified atom stereocenters. The van der Waals surface area contributed by atoms with E-state index in [1.807, 2.05) is 12.1 Å². The number of alkyl halides is 4. The second-order valence-electron chi connectivity index (χ2n) is 8.38. The first kappa shape index (κ1) is 24.5. The van der Waals surface area contributed by atoms with Crippen LogP contribution in [0.4, 0.5) is 13.2 Å². The highest BCUT2D eigenvalue weighted by molar-refractivity contribution is 6.22. The van der Waals surface area contributed by atoms with Gasteiger partial charge in [0.05, 0.1) is 23.4 Å². The van der Waals surface area contributed by atoms with Crippen molar-refractivity contribution >= 4 is 34.5 Å². The Morgan fingerprint density at radius 2 is 1.91 bits per heavy atom. The van der Waals surface area contributed by atoms with Gasteiger partial charge in [-0.25, -0.2) is 4.98 Å². The predicted octanol–water partition coefficient (Wildman–Crippen LogP) is 4.42. The highest BCUT2D eigenvalue weighted by Crippen LogP contribution is 2.35. The average Bonchev–Trinajstić information content (AvgIpc) is 3.47. The monoisotopic (exact) mass is 504 g/mol. The summed E-state index contributed by atoms with van der Waals surface area (Å²) in [4.78, 5) is 29.8. The van der Waals surface area contributed by atoms with Crippen LogP contribution >= 0.6 is 11.6 Å². The molecule has 2 atom stereocenters. The Morgan fingerprint density at radius 3 is 2.54 bits per heavy atom. The summed E-state index contributed by atoms with van der Waals surface area (Å²) in [6.07, 6.45) is -3.94. The molecular formula is C24H20ClF3N4O3. The van der Waals surface area contributed by atoms with E-state index in [0.717, 1.165) is 17.7 Å². The molecule has 1 aromatic heterocycles. The van der Waals surface area contributed by atoms with E-state index in [9.17, 15) is 28.0 Å². The number of fused-ring (bicyclic) bond motifs is 1. The Morgan fingerprint density at radius 1 is 1.20 bits per heavy atom. The number of rotatable bonds is 8. The number of halogens is 4. The molecule has 11 heteroatoms. The van der Waals surface area contributed by atoms with Crippen LogP contribution in [0.5, 0.6) is 0 Å². The summed E-state index contributed by atoms with van der Waals surface area (Å²) < 4.78 is 44.5. The van der Waals surface area contributed by atoms with Crippen LogP contribution in [-0.2, 0) is 22.2 Å². The molecule has 1 aliphatic rings. The quantitative estimate of drug-likeness (QED) is 0.442. The van der Waals surface area contributed by atoms with Crippen LogP contribution in [0.2, 0.25) is 0 Å². The molecule has 7 nitrogen and oxygen atoms in total. The molecule has 0 bridgehead atoms. The van der Waals surface area contributed by atoms with Gasteiger partial charge in [0.15, 0.2) is 11.5 Å². The molecule has 2 N–H and O–H groups in total. The maximum Gasteiger partial charge on any atom is 0.416 e. The molecular weight excluding hydrogens is 485 g/mol. The van der Waals surface area contributed by atoms with E-state index in [0.29, 0.717) is 12.8 Å². The maximum absolute atomic E-state index is 13.0. The molecule has 4 rings (SSSR count). The van der Waals surface area contributed by atoms with Gasteiger partial charge in [-0.3, -0.25) is 9.59 Å². The first-order valence-electron chi connectivity index (χ1n) is 10.8. The van der Waals surface area contributed by atoms with E-state index >= 15 is 0 Å². The average molecular weight is 505 g/mol. The Labute approximate surface area is 203 Å². The van der Waals surface area contributed by atoms with Crippen molar-refractivity contribution in [1.82, 2.24) is 15.6 Å². The van der Waals surface area contributed by atoms with Crippen LogP contribution in [0.25, 0.3) is 11.1 Å². The fourth-order valence-electron chi connectivity index (χ4n) is 3.53. The second-order valence-corrected chi connectivity index (χ2v) is 8.90.